The third-order valence-corrected chi connectivity index (χ3v) is 7.74. The minimum absolute atomic E-state index is 0.0917. The molecule has 2 aromatic heterocycles. The quantitative estimate of drug-likeness (QED) is 0.522. The monoisotopic (exact) mass is 446 g/mol. The van der Waals surface area contributed by atoms with E-state index in [1.54, 1.807) is 11.3 Å². The first-order valence-corrected chi connectivity index (χ1v) is 12.3. The van der Waals surface area contributed by atoms with E-state index in [4.69, 9.17) is 5.73 Å². The number of amides is 1. The highest BCUT2D eigenvalue weighted by Gasteiger charge is 2.35. The molecule has 1 aromatic carbocycles. The van der Waals surface area contributed by atoms with Gasteiger partial charge in [-0.25, -0.2) is 4.98 Å². The smallest absolute Gasteiger partial charge is 0.259 e. The molecule has 0 spiro atoms. The van der Waals surface area contributed by atoms with Crippen molar-refractivity contribution < 1.29 is 4.79 Å². The molecule has 0 unspecified atom stereocenters. The van der Waals surface area contributed by atoms with Gasteiger partial charge in [0.25, 0.3) is 5.91 Å². The third kappa shape index (κ3) is 3.93. The molecule has 1 aliphatic carbocycles. The Balaban J connectivity index is 1.55. The molecule has 3 aromatic rings. The molecule has 32 heavy (non-hydrogen) atoms. The molecule has 5 nitrogen and oxygen atoms in total. The molecule has 1 fully saturated rings. The fraction of sp³-hybridized carbons (Fsp3) is 0.385. The lowest BCUT2D eigenvalue weighted by atomic mass is 9.86. The van der Waals surface area contributed by atoms with E-state index in [2.05, 4.69) is 46.5 Å². The number of aryl methyl sites for hydroxylation is 3. The number of nitrogens with two attached hydrogens (primary N) is 1. The summed E-state index contributed by atoms with van der Waals surface area (Å²) in [6.45, 7) is 6.89. The Morgan fingerprint density at radius 2 is 1.97 bits per heavy atom. The predicted molar refractivity (Wildman–Crippen MR) is 133 cm³/mol. The van der Waals surface area contributed by atoms with Crippen LogP contribution in [-0.2, 0) is 4.79 Å². The van der Waals surface area contributed by atoms with Crippen molar-refractivity contribution in [2.75, 3.05) is 11.4 Å². The van der Waals surface area contributed by atoms with E-state index in [1.165, 1.54) is 0 Å². The summed E-state index contributed by atoms with van der Waals surface area (Å²) < 4.78 is 0. The van der Waals surface area contributed by atoms with Crippen LogP contribution in [-0.4, -0.2) is 28.5 Å². The van der Waals surface area contributed by atoms with Gasteiger partial charge >= 0.3 is 0 Å². The lowest BCUT2D eigenvalue weighted by molar-refractivity contribution is -0.113. The molecule has 166 valence electrons. The number of hydrogen-bond acceptors (Lipinski definition) is 4. The van der Waals surface area contributed by atoms with Crippen LogP contribution in [0.25, 0.3) is 22.2 Å². The number of rotatable bonds is 4. The highest BCUT2D eigenvalue weighted by atomic mass is 32.1. The Hall–Kier alpha value is -2.70. The molecule has 0 bridgehead atoms. The van der Waals surface area contributed by atoms with Gasteiger partial charge in [-0.1, -0.05) is 0 Å². The van der Waals surface area contributed by atoms with Crippen LogP contribution in [0.2, 0.25) is 0 Å². The van der Waals surface area contributed by atoms with Crippen LogP contribution in [0.15, 0.2) is 29.6 Å². The molecular weight excluding hydrogens is 416 g/mol. The van der Waals surface area contributed by atoms with Crippen LogP contribution in [0.3, 0.4) is 0 Å². The number of nitrogens with zero attached hydrogens (tertiary/aromatic N) is 2. The van der Waals surface area contributed by atoms with Gasteiger partial charge in [0.05, 0.1) is 11.3 Å². The topological polar surface area (TPSA) is 75.0 Å². The van der Waals surface area contributed by atoms with Gasteiger partial charge in [-0.15, -0.1) is 11.3 Å². The maximum Gasteiger partial charge on any atom is 0.259 e. The van der Waals surface area contributed by atoms with E-state index >= 15 is 0 Å². The normalized spacial score (nSPS) is 22.1. The van der Waals surface area contributed by atoms with Gasteiger partial charge in [0, 0.05) is 46.2 Å². The number of carbonyl (C=O) groups is 1. The first kappa shape index (κ1) is 21.2. The second-order valence-corrected chi connectivity index (χ2v) is 10.2. The lowest BCUT2D eigenvalue weighted by Crippen LogP contribution is -2.36. The van der Waals surface area contributed by atoms with Crippen LogP contribution in [0.5, 0.6) is 0 Å². The van der Waals surface area contributed by atoms with Gasteiger partial charge in [0.2, 0.25) is 0 Å². The summed E-state index contributed by atoms with van der Waals surface area (Å²) in [7, 11) is 0. The largest absolute Gasteiger partial charge is 0.359 e. The summed E-state index contributed by atoms with van der Waals surface area (Å²) in [4.78, 5) is 23.7. The van der Waals surface area contributed by atoms with Crippen LogP contribution < -0.4 is 10.6 Å². The summed E-state index contributed by atoms with van der Waals surface area (Å²) in [5.74, 6) is 0.593. The van der Waals surface area contributed by atoms with Crippen LogP contribution in [0, 0.1) is 26.7 Å². The first-order valence-electron chi connectivity index (χ1n) is 11.4. The molecule has 1 aliphatic heterocycles. The highest BCUT2D eigenvalue weighted by Crippen LogP contribution is 2.42. The van der Waals surface area contributed by atoms with Crippen LogP contribution >= 0.6 is 11.3 Å². The number of fused-ring (bicyclic) bond motifs is 1. The minimum Gasteiger partial charge on any atom is -0.359 e. The fourth-order valence-electron chi connectivity index (χ4n) is 4.97. The number of H-pyrrole nitrogens is 1. The number of carbonyl (C=O) groups excluding carboxylic acids is 1. The average molecular weight is 447 g/mol. The van der Waals surface area contributed by atoms with Crippen molar-refractivity contribution in [3.63, 3.8) is 0 Å². The summed E-state index contributed by atoms with van der Waals surface area (Å²) >= 11 is 1.64. The maximum absolute atomic E-state index is 13.7. The molecule has 0 radical (unpaired) electrons. The zero-order chi connectivity index (χ0) is 22.4. The number of nitrogens with one attached hydrogen (secondary N) is 1. The van der Waals surface area contributed by atoms with Crippen molar-refractivity contribution in [2.45, 2.75) is 52.5 Å². The fourth-order valence-corrected chi connectivity index (χ4v) is 5.76. The maximum atomic E-state index is 13.7. The summed E-state index contributed by atoms with van der Waals surface area (Å²) in [5, 5.41) is 3.05. The molecule has 3 heterocycles. The molecule has 1 saturated carbocycles. The van der Waals surface area contributed by atoms with Crippen molar-refractivity contribution in [3.8, 4) is 10.6 Å². The minimum atomic E-state index is 0.0917. The van der Waals surface area contributed by atoms with Gasteiger partial charge in [-0.05, 0) is 88.3 Å². The Kier molecular flexibility index (Phi) is 5.51. The molecule has 3 N–H and O–H groups in total. The Bertz CT molecular complexity index is 1200. The molecule has 0 atom stereocenters. The van der Waals surface area contributed by atoms with Crippen molar-refractivity contribution >= 4 is 34.6 Å². The number of benzene rings is 1. The number of aromatic nitrogens is 2. The van der Waals surface area contributed by atoms with Crippen molar-refractivity contribution in [3.05, 3.63) is 57.9 Å². The van der Waals surface area contributed by atoms with Crippen molar-refractivity contribution in [1.82, 2.24) is 9.97 Å². The van der Waals surface area contributed by atoms with Crippen LogP contribution in [0.1, 0.15) is 53.9 Å². The first-order chi connectivity index (χ1) is 15.4. The summed E-state index contributed by atoms with van der Waals surface area (Å²) in [6, 6.07) is 8.76. The zero-order valence-electron chi connectivity index (χ0n) is 18.9. The standard InChI is InChI=1S/C26H30N4OS/c1-15-10-16(2)28-23(15)12-22-21-11-19(25-29-17(3)14-32-25)6-9-24(21)30(26(22)31)13-18-4-7-20(27)8-5-18/h6,9-12,14,18,20,28H,4-5,7-8,13,27H2,1-3H3/b22-12-. The average Bonchev–Trinajstić information content (AvgIpc) is 3.41. The molecule has 2 aliphatic rings. The number of hydrogen-bond donors (Lipinski definition) is 2. The van der Waals surface area contributed by atoms with Gasteiger partial charge < -0.3 is 15.6 Å². The van der Waals surface area contributed by atoms with E-state index < -0.39 is 0 Å². The molecule has 5 rings (SSSR count). The number of anilines is 1. The van der Waals surface area contributed by atoms with Gasteiger partial charge in [0.15, 0.2) is 0 Å². The highest BCUT2D eigenvalue weighted by molar-refractivity contribution is 7.13. The zero-order valence-corrected chi connectivity index (χ0v) is 19.8. The van der Waals surface area contributed by atoms with E-state index in [1.807, 2.05) is 24.8 Å². The van der Waals surface area contributed by atoms with Crippen molar-refractivity contribution in [1.29, 1.82) is 0 Å². The summed E-state index contributed by atoms with van der Waals surface area (Å²) in [6.07, 6.45) is 6.30. The predicted octanol–water partition coefficient (Wildman–Crippen LogP) is 5.47. The Labute approximate surface area is 193 Å². The van der Waals surface area contributed by atoms with Gasteiger partial charge in [-0.3, -0.25) is 4.79 Å². The second-order valence-electron chi connectivity index (χ2n) is 9.33. The molecule has 6 heteroatoms. The third-order valence-electron chi connectivity index (χ3n) is 6.73. The van der Waals surface area contributed by atoms with Gasteiger partial charge in [-0.2, -0.15) is 0 Å². The van der Waals surface area contributed by atoms with Crippen molar-refractivity contribution in [2.24, 2.45) is 11.7 Å². The van der Waals surface area contributed by atoms with Gasteiger partial charge in [0.1, 0.15) is 5.01 Å². The Morgan fingerprint density at radius 1 is 1.19 bits per heavy atom. The molecule has 0 saturated heterocycles. The van der Waals surface area contributed by atoms with E-state index in [-0.39, 0.29) is 5.91 Å². The number of aromatic amines is 1. The van der Waals surface area contributed by atoms with E-state index in [9.17, 15) is 4.79 Å². The molecule has 1 amide bonds. The SMILES string of the molecule is Cc1csc(-c2ccc3c(c2)/C(=C/c2[nH]c(C)cc2C)C(=O)N3CC2CCC(N)CC2)n1. The summed E-state index contributed by atoms with van der Waals surface area (Å²) in [5.41, 5.74) is 14.2. The molecular formula is C26H30N4OS. The Morgan fingerprint density at radius 3 is 2.62 bits per heavy atom. The van der Waals surface area contributed by atoms with E-state index in [0.29, 0.717) is 12.0 Å². The lowest BCUT2D eigenvalue weighted by Gasteiger charge is -2.29. The van der Waals surface area contributed by atoms with Crippen LogP contribution in [0.4, 0.5) is 5.69 Å². The number of thiazole rings is 1. The second kappa shape index (κ2) is 8.34. The van der Waals surface area contributed by atoms with E-state index in [0.717, 1.165) is 82.3 Å².